The molecule has 20 heavy (non-hydrogen) atoms. The summed E-state index contributed by atoms with van der Waals surface area (Å²) in [7, 11) is 0. The Balaban J connectivity index is 2.40. The highest BCUT2D eigenvalue weighted by atomic mass is 32.1. The topological polar surface area (TPSA) is 46.3 Å². The van der Waals surface area contributed by atoms with Crippen LogP contribution in [0.1, 0.15) is 35.2 Å². The number of hydrogen-bond acceptors (Lipinski definition) is 2. The van der Waals surface area contributed by atoms with Gasteiger partial charge in [0.2, 0.25) is 0 Å². The summed E-state index contributed by atoms with van der Waals surface area (Å²) in [6.07, 6.45) is 2.31. The van der Waals surface area contributed by atoms with Crippen LogP contribution in [-0.4, -0.2) is 28.4 Å². The van der Waals surface area contributed by atoms with Crippen LogP contribution in [0.2, 0.25) is 0 Å². The number of hydrogen-bond donors (Lipinski definition) is 1. The van der Waals surface area contributed by atoms with Gasteiger partial charge in [0.25, 0.3) is 5.91 Å². The van der Waals surface area contributed by atoms with Gasteiger partial charge in [-0.1, -0.05) is 18.3 Å². The highest BCUT2D eigenvalue weighted by Gasteiger charge is 2.32. The summed E-state index contributed by atoms with van der Waals surface area (Å²) in [5.41, 5.74) is 5.34. The summed E-state index contributed by atoms with van der Waals surface area (Å²) < 4.78 is 27.9. The molecule has 2 rings (SSSR count). The lowest BCUT2D eigenvalue weighted by atomic mass is 10.00. The maximum atomic E-state index is 14.0. The van der Waals surface area contributed by atoms with E-state index in [1.54, 1.807) is 0 Å². The van der Waals surface area contributed by atoms with Gasteiger partial charge in [0.05, 0.1) is 11.0 Å². The minimum absolute atomic E-state index is 0.187. The van der Waals surface area contributed by atoms with Crippen molar-refractivity contribution < 1.29 is 13.6 Å². The second kappa shape index (κ2) is 5.83. The molecule has 1 aromatic carbocycles. The summed E-state index contributed by atoms with van der Waals surface area (Å²) in [6.45, 7) is 1.90. The van der Waals surface area contributed by atoms with Crippen molar-refractivity contribution in [3.63, 3.8) is 0 Å². The minimum atomic E-state index is -0.856. The number of thiocarbonyl (C=S) groups is 1. The van der Waals surface area contributed by atoms with Gasteiger partial charge in [-0.3, -0.25) is 4.79 Å². The van der Waals surface area contributed by atoms with E-state index >= 15 is 0 Å². The van der Waals surface area contributed by atoms with Crippen LogP contribution >= 0.6 is 12.2 Å². The lowest BCUT2D eigenvalue weighted by Gasteiger charge is -2.35. The maximum absolute atomic E-state index is 14.0. The van der Waals surface area contributed by atoms with Gasteiger partial charge >= 0.3 is 0 Å². The van der Waals surface area contributed by atoms with Crippen LogP contribution in [-0.2, 0) is 0 Å². The van der Waals surface area contributed by atoms with Crippen molar-refractivity contribution in [2.45, 2.75) is 32.2 Å². The Bertz CT molecular complexity index is 562. The van der Waals surface area contributed by atoms with Gasteiger partial charge in [-0.25, -0.2) is 8.78 Å². The summed E-state index contributed by atoms with van der Waals surface area (Å²) in [4.78, 5) is 14.0. The third-order valence-corrected chi connectivity index (χ3v) is 3.86. The molecule has 1 aromatic rings. The molecule has 3 nitrogen and oxygen atoms in total. The number of nitrogens with two attached hydrogens (primary N) is 1. The molecule has 1 atom stereocenters. The number of carbonyl (C=O) groups is 1. The predicted molar refractivity (Wildman–Crippen MR) is 76.6 cm³/mol. The fraction of sp³-hybridized carbons (Fsp3) is 0.429. The van der Waals surface area contributed by atoms with Gasteiger partial charge < -0.3 is 10.6 Å². The lowest BCUT2D eigenvalue weighted by Crippen LogP contribution is -2.50. The molecule has 108 valence electrons. The van der Waals surface area contributed by atoms with Gasteiger partial charge in [0, 0.05) is 6.54 Å². The highest BCUT2D eigenvalue weighted by Crippen LogP contribution is 2.24. The van der Waals surface area contributed by atoms with Gasteiger partial charge in [-0.15, -0.1) is 0 Å². The lowest BCUT2D eigenvalue weighted by molar-refractivity contribution is 0.0671. The Morgan fingerprint density at radius 2 is 2.10 bits per heavy atom. The van der Waals surface area contributed by atoms with Gasteiger partial charge in [-0.05, 0) is 37.8 Å². The molecular formula is C14H16F2N2OS. The fourth-order valence-electron chi connectivity index (χ4n) is 2.47. The molecule has 1 amide bonds. The van der Waals surface area contributed by atoms with E-state index in [-0.39, 0.29) is 10.6 Å². The molecular weight excluding hydrogens is 282 g/mol. The number of piperidine rings is 1. The van der Waals surface area contributed by atoms with Gasteiger partial charge in [0.15, 0.2) is 0 Å². The van der Waals surface area contributed by atoms with Crippen molar-refractivity contribution in [2.24, 2.45) is 5.73 Å². The number of halogens is 2. The van der Waals surface area contributed by atoms with Crippen molar-refractivity contribution in [3.8, 4) is 0 Å². The van der Waals surface area contributed by atoms with Gasteiger partial charge in [-0.2, -0.15) is 0 Å². The van der Waals surface area contributed by atoms with Crippen molar-refractivity contribution in [3.05, 3.63) is 34.9 Å². The minimum Gasteiger partial charge on any atom is -0.392 e. The van der Waals surface area contributed by atoms with E-state index in [0.717, 1.165) is 18.9 Å². The quantitative estimate of drug-likeness (QED) is 0.854. The second-order valence-corrected chi connectivity index (χ2v) is 5.44. The molecule has 1 fully saturated rings. The van der Waals surface area contributed by atoms with E-state index in [9.17, 15) is 13.6 Å². The molecule has 0 spiro atoms. The van der Waals surface area contributed by atoms with E-state index in [2.05, 4.69) is 0 Å². The first-order valence-corrected chi connectivity index (χ1v) is 6.89. The van der Waals surface area contributed by atoms with Crippen LogP contribution < -0.4 is 5.73 Å². The number of amides is 1. The van der Waals surface area contributed by atoms with Crippen LogP contribution in [0.15, 0.2) is 12.1 Å². The number of aryl methyl sites for hydroxylation is 1. The number of carbonyl (C=O) groups excluding carboxylic acids is 1. The summed E-state index contributed by atoms with van der Waals surface area (Å²) in [6, 6.07) is 1.99. The van der Waals surface area contributed by atoms with E-state index < -0.39 is 29.1 Å². The first kappa shape index (κ1) is 14.8. The second-order valence-electron chi connectivity index (χ2n) is 4.97. The van der Waals surface area contributed by atoms with Crippen LogP contribution in [0.3, 0.4) is 0 Å². The van der Waals surface area contributed by atoms with Crippen molar-refractivity contribution in [1.82, 2.24) is 4.90 Å². The average Bonchev–Trinajstić information content (AvgIpc) is 2.43. The third-order valence-electron chi connectivity index (χ3n) is 3.59. The fourth-order valence-corrected chi connectivity index (χ4v) is 2.71. The molecule has 0 aromatic heterocycles. The molecule has 1 unspecified atom stereocenters. The molecule has 0 saturated carbocycles. The van der Waals surface area contributed by atoms with E-state index in [1.807, 2.05) is 0 Å². The Hall–Kier alpha value is -1.56. The van der Waals surface area contributed by atoms with Crippen LogP contribution in [0, 0.1) is 18.6 Å². The zero-order valence-electron chi connectivity index (χ0n) is 11.2. The molecule has 6 heteroatoms. The predicted octanol–water partition coefficient (Wildman–Crippen LogP) is 2.55. The summed E-state index contributed by atoms with van der Waals surface area (Å²) in [5.74, 6) is -2.35. The van der Waals surface area contributed by atoms with Crippen LogP contribution in [0.4, 0.5) is 8.78 Å². The number of likely N-dealkylation sites (tertiary alicyclic amines) is 1. The van der Waals surface area contributed by atoms with Crippen LogP contribution in [0.25, 0.3) is 0 Å². The third kappa shape index (κ3) is 2.65. The maximum Gasteiger partial charge on any atom is 0.260 e. The number of nitrogens with zero attached hydrogens (tertiary/aromatic N) is 1. The van der Waals surface area contributed by atoms with Crippen LogP contribution in [0.5, 0.6) is 0 Å². The van der Waals surface area contributed by atoms with E-state index in [0.29, 0.717) is 13.0 Å². The highest BCUT2D eigenvalue weighted by molar-refractivity contribution is 7.80. The zero-order valence-corrected chi connectivity index (χ0v) is 12.0. The average molecular weight is 298 g/mol. The molecule has 2 N–H and O–H groups in total. The Morgan fingerprint density at radius 1 is 1.40 bits per heavy atom. The molecule has 1 aliphatic heterocycles. The van der Waals surface area contributed by atoms with E-state index in [1.165, 1.54) is 17.9 Å². The van der Waals surface area contributed by atoms with Crippen molar-refractivity contribution in [1.29, 1.82) is 0 Å². The SMILES string of the molecule is Cc1ccc(F)c(C(=O)N2CCCCC2C(N)=S)c1F. The van der Waals surface area contributed by atoms with E-state index in [4.69, 9.17) is 18.0 Å². The van der Waals surface area contributed by atoms with Gasteiger partial charge in [0.1, 0.15) is 17.2 Å². The summed E-state index contributed by atoms with van der Waals surface area (Å²) in [5, 5.41) is 0. The summed E-state index contributed by atoms with van der Waals surface area (Å²) >= 11 is 4.95. The van der Waals surface area contributed by atoms with Crippen molar-refractivity contribution in [2.75, 3.05) is 6.54 Å². The molecule has 0 aliphatic carbocycles. The van der Waals surface area contributed by atoms with Crippen molar-refractivity contribution >= 4 is 23.1 Å². The Morgan fingerprint density at radius 3 is 2.75 bits per heavy atom. The molecule has 1 saturated heterocycles. The Kier molecular flexibility index (Phi) is 4.32. The Labute approximate surface area is 121 Å². The molecule has 1 heterocycles. The molecule has 0 bridgehead atoms. The normalized spacial score (nSPS) is 18.9. The smallest absolute Gasteiger partial charge is 0.260 e. The number of benzene rings is 1. The molecule has 1 aliphatic rings. The largest absolute Gasteiger partial charge is 0.392 e. The monoisotopic (exact) mass is 298 g/mol. The standard InChI is InChI=1S/C14H16F2N2OS/c1-8-5-6-9(15)11(12(8)16)14(19)18-7-3-2-4-10(18)13(17)20/h5-6,10H,2-4,7H2,1H3,(H2,17,20). The molecule has 0 radical (unpaired) electrons. The zero-order chi connectivity index (χ0) is 14.9. The number of rotatable bonds is 2. The first-order chi connectivity index (χ1) is 9.43. The first-order valence-electron chi connectivity index (χ1n) is 6.48.